The number of ether oxygens (including phenoxy) is 1. The number of carbonyl (C=O) groups excluding carboxylic acids is 2. The summed E-state index contributed by atoms with van der Waals surface area (Å²) in [5, 5.41) is 14.2. The number of benzene rings is 2. The largest absolute Gasteiger partial charge is 0.494 e. The van der Waals surface area contributed by atoms with Gasteiger partial charge in [-0.15, -0.1) is 0 Å². The van der Waals surface area contributed by atoms with E-state index in [1.807, 2.05) is 13.0 Å². The van der Waals surface area contributed by atoms with Crippen molar-refractivity contribution in [1.82, 2.24) is 14.5 Å². The number of carbonyl (C=O) groups is 2. The van der Waals surface area contributed by atoms with E-state index in [1.165, 1.54) is 36.2 Å². The highest BCUT2D eigenvalue weighted by Gasteiger charge is 2.41. The Morgan fingerprint density at radius 3 is 2.36 bits per heavy atom. The molecule has 1 atom stereocenters. The summed E-state index contributed by atoms with van der Waals surface area (Å²) >= 11 is 0. The van der Waals surface area contributed by atoms with Crippen LogP contribution in [0.3, 0.4) is 0 Å². The third-order valence-corrected chi connectivity index (χ3v) is 7.10. The Hall–Kier alpha value is -3.62. The van der Waals surface area contributed by atoms with Gasteiger partial charge in [-0.2, -0.15) is 9.57 Å². The molecule has 2 aromatic rings. The third kappa shape index (κ3) is 5.42. The summed E-state index contributed by atoms with van der Waals surface area (Å²) in [6.45, 7) is 2.34. The summed E-state index contributed by atoms with van der Waals surface area (Å²) in [7, 11) is -2.61. The molecule has 1 unspecified atom stereocenters. The van der Waals surface area contributed by atoms with Crippen LogP contribution in [0.15, 0.2) is 53.4 Å². The van der Waals surface area contributed by atoms with E-state index < -0.39 is 28.0 Å². The number of rotatable bonds is 6. The molecule has 1 heterocycles. The topological polar surface area (TPSA) is 132 Å². The highest BCUT2D eigenvalue weighted by molar-refractivity contribution is 7.89. The van der Waals surface area contributed by atoms with E-state index in [-0.39, 0.29) is 24.5 Å². The maximum absolute atomic E-state index is 13.2. The molecule has 1 aliphatic heterocycles. The van der Waals surface area contributed by atoms with Gasteiger partial charge in [0.15, 0.2) is 0 Å². The van der Waals surface area contributed by atoms with Crippen molar-refractivity contribution in [3.8, 4) is 11.8 Å². The smallest absolute Gasteiger partial charge is 0.321 e. The number of nitriles is 1. The van der Waals surface area contributed by atoms with E-state index in [4.69, 9.17) is 10.00 Å². The lowest BCUT2D eigenvalue weighted by atomic mass is 10.2. The van der Waals surface area contributed by atoms with Crippen LogP contribution in [0, 0.1) is 11.3 Å². The van der Waals surface area contributed by atoms with E-state index in [2.05, 4.69) is 10.6 Å². The molecule has 174 valence electrons. The van der Waals surface area contributed by atoms with Crippen molar-refractivity contribution in [3.05, 3.63) is 54.1 Å². The molecule has 3 rings (SSSR count). The SMILES string of the molecule is CCOc1ccc(NC(=O)N2CCN(S(=O)(=O)c3ccc(C#N)cc3)C(C(=O)NC)C2)cc1. The fourth-order valence-electron chi connectivity index (χ4n) is 3.46. The molecule has 0 spiro atoms. The Balaban J connectivity index is 1.76. The second-order valence-electron chi connectivity index (χ2n) is 7.22. The summed E-state index contributed by atoms with van der Waals surface area (Å²) in [5.41, 5.74) is 0.875. The summed E-state index contributed by atoms with van der Waals surface area (Å²) in [5.74, 6) is 0.155. The van der Waals surface area contributed by atoms with Crippen LogP contribution in [-0.4, -0.2) is 68.9 Å². The molecule has 1 saturated heterocycles. The van der Waals surface area contributed by atoms with Gasteiger partial charge in [0.1, 0.15) is 11.8 Å². The molecule has 0 bridgehead atoms. The minimum Gasteiger partial charge on any atom is -0.494 e. The van der Waals surface area contributed by atoms with Gasteiger partial charge in [-0.1, -0.05) is 0 Å². The number of amides is 3. The minimum absolute atomic E-state index is 0.0253. The molecule has 2 N–H and O–H groups in total. The fourth-order valence-corrected chi connectivity index (χ4v) is 5.03. The number of likely N-dealkylation sites (N-methyl/N-ethyl adjacent to an activating group) is 1. The van der Waals surface area contributed by atoms with E-state index in [0.29, 0.717) is 23.6 Å². The zero-order valence-corrected chi connectivity index (χ0v) is 19.1. The Kier molecular flexibility index (Phi) is 7.52. The second kappa shape index (κ2) is 10.3. The van der Waals surface area contributed by atoms with Crippen LogP contribution in [0.2, 0.25) is 0 Å². The first kappa shape index (κ1) is 24.0. The van der Waals surface area contributed by atoms with Gasteiger partial charge >= 0.3 is 6.03 Å². The molecular formula is C22H25N5O5S. The summed E-state index contributed by atoms with van der Waals surface area (Å²) in [4.78, 5) is 26.7. The van der Waals surface area contributed by atoms with Crippen LogP contribution in [-0.2, 0) is 14.8 Å². The Labute approximate surface area is 192 Å². The zero-order valence-electron chi connectivity index (χ0n) is 18.3. The maximum Gasteiger partial charge on any atom is 0.321 e. The second-order valence-corrected chi connectivity index (χ2v) is 9.11. The number of anilines is 1. The maximum atomic E-state index is 13.2. The number of sulfonamides is 1. The molecular weight excluding hydrogens is 446 g/mol. The van der Waals surface area contributed by atoms with Gasteiger partial charge in [0.05, 0.1) is 23.1 Å². The quantitative estimate of drug-likeness (QED) is 0.658. The Morgan fingerprint density at radius 2 is 1.79 bits per heavy atom. The van der Waals surface area contributed by atoms with Crippen molar-refractivity contribution < 1.29 is 22.7 Å². The highest BCUT2D eigenvalue weighted by atomic mass is 32.2. The van der Waals surface area contributed by atoms with Gasteiger partial charge in [-0.25, -0.2) is 13.2 Å². The van der Waals surface area contributed by atoms with Crippen molar-refractivity contribution in [1.29, 1.82) is 5.26 Å². The minimum atomic E-state index is -4.02. The first-order chi connectivity index (χ1) is 15.8. The molecule has 2 aromatic carbocycles. The molecule has 1 aliphatic rings. The molecule has 0 radical (unpaired) electrons. The van der Waals surface area contributed by atoms with E-state index in [0.717, 1.165) is 4.31 Å². The summed E-state index contributed by atoms with van der Waals surface area (Å²) < 4.78 is 32.9. The number of hydrogen-bond donors (Lipinski definition) is 2. The predicted molar refractivity (Wildman–Crippen MR) is 121 cm³/mol. The van der Waals surface area contributed by atoms with Gasteiger partial charge < -0.3 is 20.3 Å². The van der Waals surface area contributed by atoms with E-state index in [9.17, 15) is 18.0 Å². The van der Waals surface area contributed by atoms with Crippen molar-refractivity contribution in [2.75, 3.05) is 38.6 Å². The first-order valence-corrected chi connectivity index (χ1v) is 11.8. The fraction of sp³-hybridized carbons (Fsp3) is 0.318. The van der Waals surface area contributed by atoms with Gasteiger partial charge in [-0.05, 0) is 55.5 Å². The van der Waals surface area contributed by atoms with Crippen molar-refractivity contribution in [2.24, 2.45) is 0 Å². The lowest BCUT2D eigenvalue weighted by Gasteiger charge is -2.39. The van der Waals surface area contributed by atoms with Crippen molar-refractivity contribution in [3.63, 3.8) is 0 Å². The Bertz CT molecular complexity index is 1140. The molecule has 0 aromatic heterocycles. The molecule has 11 heteroatoms. The molecule has 0 saturated carbocycles. The summed E-state index contributed by atoms with van der Waals surface area (Å²) in [6.07, 6.45) is 0. The van der Waals surface area contributed by atoms with E-state index in [1.54, 1.807) is 24.3 Å². The number of hydrogen-bond acceptors (Lipinski definition) is 6. The highest BCUT2D eigenvalue weighted by Crippen LogP contribution is 2.23. The predicted octanol–water partition coefficient (Wildman–Crippen LogP) is 1.61. The third-order valence-electron chi connectivity index (χ3n) is 5.17. The normalized spacial score (nSPS) is 16.5. The zero-order chi connectivity index (χ0) is 24.0. The molecule has 0 aliphatic carbocycles. The van der Waals surface area contributed by atoms with Crippen molar-refractivity contribution >= 4 is 27.6 Å². The van der Waals surface area contributed by atoms with Crippen LogP contribution in [0.4, 0.5) is 10.5 Å². The van der Waals surface area contributed by atoms with Gasteiger partial charge in [0.2, 0.25) is 15.9 Å². The first-order valence-electron chi connectivity index (χ1n) is 10.3. The number of nitrogens with one attached hydrogen (secondary N) is 2. The van der Waals surface area contributed by atoms with Crippen LogP contribution >= 0.6 is 0 Å². The van der Waals surface area contributed by atoms with Crippen molar-refractivity contribution in [2.45, 2.75) is 17.9 Å². The average molecular weight is 472 g/mol. The van der Waals surface area contributed by atoms with Gasteiger partial charge in [-0.3, -0.25) is 4.79 Å². The van der Waals surface area contributed by atoms with Crippen LogP contribution < -0.4 is 15.4 Å². The molecule has 33 heavy (non-hydrogen) atoms. The van der Waals surface area contributed by atoms with Crippen LogP contribution in [0.5, 0.6) is 5.75 Å². The number of piperazine rings is 1. The lowest BCUT2D eigenvalue weighted by molar-refractivity contribution is -0.125. The monoisotopic (exact) mass is 471 g/mol. The molecule has 3 amide bonds. The average Bonchev–Trinajstić information content (AvgIpc) is 2.84. The Morgan fingerprint density at radius 1 is 1.12 bits per heavy atom. The summed E-state index contributed by atoms with van der Waals surface area (Å²) in [6, 6.07) is 12.7. The van der Waals surface area contributed by atoms with Crippen LogP contribution in [0.1, 0.15) is 12.5 Å². The number of urea groups is 1. The lowest BCUT2D eigenvalue weighted by Crippen LogP contribution is -2.61. The molecule has 1 fully saturated rings. The van der Waals surface area contributed by atoms with Crippen LogP contribution in [0.25, 0.3) is 0 Å². The molecule has 10 nitrogen and oxygen atoms in total. The van der Waals surface area contributed by atoms with E-state index >= 15 is 0 Å². The van der Waals surface area contributed by atoms with Gasteiger partial charge in [0, 0.05) is 32.4 Å². The number of nitrogens with zero attached hydrogens (tertiary/aromatic N) is 3. The standard InChI is InChI=1S/C22H25N5O5S/c1-3-32-18-8-6-17(7-9-18)25-22(29)26-12-13-27(20(15-26)21(28)24-2)33(30,31)19-10-4-16(14-23)5-11-19/h4-11,20H,3,12-13,15H2,1-2H3,(H,24,28)(H,25,29). The van der Waals surface area contributed by atoms with Gasteiger partial charge in [0.25, 0.3) is 0 Å².